The Bertz CT molecular complexity index is 883. The number of aromatic nitrogens is 2. The number of aliphatic hydroxyl groups excluding tert-OH is 1. The lowest BCUT2D eigenvalue weighted by molar-refractivity contribution is 0.108. The Kier molecular flexibility index (Phi) is 6.41. The Hall–Kier alpha value is -2.75. The van der Waals surface area contributed by atoms with Crippen LogP contribution in [0.15, 0.2) is 24.3 Å². The summed E-state index contributed by atoms with van der Waals surface area (Å²) in [6, 6.07) is 7.94. The fraction of sp³-hybridized carbons (Fsp3) is 0.476. The van der Waals surface area contributed by atoms with Gasteiger partial charge in [-0.1, -0.05) is 12.1 Å². The number of aliphatic hydroxyl groups is 1. The van der Waals surface area contributed by atoms with Crippen molar-refractivity contribution in [2.75, 3.05) is 50.3 Å². The standard InChI is InChI=1S/C21H28N6O3/c1-23-11-16(28)12-30-17-4-2-3-14(9-17)19-25-20(24-15-5-6-15)18(10-22)21(26-19)27-7-8-29-13-27/h2-4,9-10,15-16,22-23,28H,5-8,11-13H2,1H3,(H,24,25,26). The lowest BCUT2D eigenvalue weighted by atomic mass is 10.2. The van der Waals surface area contributed by atoms with Gasteiger partial charge in [-0.05, 0) is 32.0 Å². The second-order valence-electron chi connectivity index (χ2n) is 7.55. The molecule has 4 N–H and O–H groups in total. The average molecular weight is 412 g/mol. The summed E-state index contributed by atoms with van der Waals surface area (Å²) in [6.07, 6.45) is 2.94. The third-order valence-corrected chi connectivity index (χ3v) is 5.01. The first-order chi connectivity index (χ1) is 14.7. The number of hydrogen-bond donors (Lipinski definition) is 4. The van der Waals surface area contributed by atoms with Crippen LogP contribution in [0.2, 0.25) is 0 Å². The van der Waals surface area contributed by atoms with Gasteiger partial charge in [0.2, 0.25) is 0 Å². The summed E-state index contributed by atoms with van der Waals surface area (Å²) in [4.78, 5) is 11.5. The van der Waals surface area contributed by atoms with E-state index in [0.29, 0.717) is 54.7 Å². The van der Waals surface area contributed by atoms with Crippen molar-refractivity contribution in [3.05, 3.63) is 29.8 Å². The van der Waals surface area contributed by atoms with Crippen molar-refractivity contribution in [2.24, 2.45) is 0 Å². The van der Waals surface area contributed by atoms with Crippen LogP contribution in [-0.2, 0) is 4.74 Å². The first-order valence-electron chi connectivity index (χ1n) is 10.3. The zero-order valence-electron chi connectivity index (χ0n) is 17.1. The highest BCUT2D eigenvalue weighted by Crippen LogP contribution is 2.32. The van der Waals surface area contributed by atoms with Crippen LogP contribution in [0.1, 0.15) is 18.4 Å². The van der Waals surface area contributed by atoms with Crippen LogP contribution in [0.4, 0.5) is 11.6 Å². The van der Waals surface area contributed by atoms with E-state index in [0.717, 1.165) is 24.9 Å². The quantitative estimate of drug-likeness (QED) is 0.434. The van der Waals surface area contributed by atoms with Crippen molar-refractivity contribution >= 4 is 17.9 Å². The monoisotopic (exact) mass is 412 g/mol. The van der Waals surface area contributed by atoms with Crippen LogP contribution in [0.5, 0.6) is 5.75 Å². The van der Waals surface area contributed by atoms with Gasteiger partial charge in [-0.25, -0.2) is 9.97 Å². The molecule has 1 aliphatic heterocycles. The Morgan fingerprint density at radius 3 is 2.97 bits per heavy atom. The topological polar surface area (TPSA) is 116 Å². The normalized spacial score (nSPS) is 17.1. The van der Waals surface area contributed by atoms with Gasteiger partial charge in [0.05, 0.1) is 12.2 Å². The molecule has 0 amide bonds. The Morgan fingerprint density at radius 1 is 1.40 bits per heavy atom. The van der Waals surface area contributed by atoms with Gasteiger partial charge in [-0.3, -0.25) is 0 Å². The minimum absolute atomic E-state index is 0.197. The first kappa shape index (κ1) is 20.5. The van der Waals surface area contributed by atoms with Gasteiger partial charge in [-0.2, -0.15) is 0 Å². The van der Waals surface area contributed by atoms with E-state index in [1.807, 2.05) is 29.2 Å². The zero-order valence-corrected chi connectivity index (χ0v) is 17.1. The molecular formula is C21H28N6O3. The zero-order chi connectivity index (χ0) is 20.9. The number of rotatable bonds is 10. The molecular weight excluding hydrogens is 384 g/mol. The van der Waals surface area contributed by atoms with E-state index in [-0.39, 0.29) is 6.61 Å². The first-order valence-corrected chi connectivity index (χ1v) is 10.3. The second-order valence-corrected chi connectivity index (χ2v) is 7.55. The number of ether oxygens (including phenoxy) is 2. The van der Waals surface area contributed by atoms with Gasteiger partial charge in [-0.15, -0.1) is 0 Å². The molecule has 1 saturated heterocycles. The van der Waals surface area contributed by atoms with Crippen molar-refractivity contribution in [3.63, 3.8) is 0 Å². The summed E-state index contributed by atoms with van der Waals surface area (Å²) in [6.45, 7) is 2.48. The fourth-order valence-corrected chi connectivity index (χ4v) is 3.28. The molecule has 4 rings (SSSR count). The summed E-state index contributed by atoms with van der Waals surface area (Å²) < 4.78 is 11.2. The molecule has 9 heteroatoms. The van der Waals surface area contributed by atoms with Gasteiger partial charge < -0.3 is 35.5 Å². The minimum Gasteiger partial charge on any atom is -0.491 e. The van der Waals surface area contributed by atoms with E-state index in [1.165, 1.54) is 6.21 Å². The van der Waals surface area contributed by atoms with Crippen LogP contribution in [0.25, 0.3) is 11.4 Å². The predicted octanol–water partition coefficient (Wildman–Crippen LogP) is 1.47. The predicted molar refractivity (Wildman–Crippen MR) is 116 cm³/mol. The maximum atomic E-state index is 9.88. The molecule has 9 nitrogen and oxygen atoms in total. The molecule has 2 aliphatic rings. The van der Waals surface area contributed by atoms with E-state index in [1.54, 1.807) is 7.05 Å². The van der Waals surface area contributed by atoms with Crippen LogP contribution >= 0.6 is 0 Å². The molecule has 1 aromatic carbocycles. The van der Waals surface area contributed by atoms with Crippen molar-refractivity contribution < 1.29 is 14.6 Å². The van der Waals surface area contributed by atoms with Crippen LogP contribution < -0.4 is 20.3 Å². The number of benzene rings is 1. The highest BCUT2D eigenvalue weighted by molar-refractivity contribution is 5.92. The molecule has 0 bridgehead atoms. The lowest BCUT2D eigenvalue weighted by Crippen LogP contribution is -2.29. The molecule has 2 fully saturated rings. The summed E-state index contributed by atoms with van der Waals surface area (Å²) in [5, 5.41) is 24.2. The summed E-state index contributed by atoms with van der Waals surface area (Å²) in [5.74, 6) is 2.58. The minimum atomic E-state index is -0.585. The average Bonchev–Trinajstić information content (AvgIpc) is 3.40. The molecule has 2 heterocycles. The molecule has 30 heavy (non-hydrogen) atoms. The van der Waals surface area contributed by atoms with E-state index < -0.39 is 6.10 Å². The van der Waals surface area contributed by atoms with Gasteiger partial charge in [0.25, 0.3) is 0 Å². The molecule has 1 aliphatic carbocycles. The molecule has 1 saturated carbocycles. The Labute approximate surface area is 175 Å². The van der Waals surface area contributed by atoms with E-state index >= 15 is 0 Å². The molecule has 1 unspecified atom stereocenters. The van der Waals surface area contributed by atoms with Crippen LogP contribution in [0, 0.1) is 5.41 Å². The maximum absolute atomic E-state index is 9.88. The lowest BCUT2D eigenvalue weighted by Gasteiger charge is -2.20. The van der Waals surface area contributed by atoms with Crippen molar-refractivity contribution in [1.82, 2.24) is 15.3 Å². The third kappa shape index (κ3) is 4.86. The number of anilines is 2. The summed E-state index contributed by atoms with van der Waals surface area (Å²) >= 11 is 0. The van der Waals surface area contributed by atoms with Gasteiger partial charge in [0, 0.05) is 30.9 Å². The van der Waals surface area contributed by atoms with Crippen molar-refractivity contribution in [3.8, 4) is 17.1 Å². The molecule has 0 radical (unpaired) electrons. The number of likely N-dealkylation sites (N-methyl/N-ethyl adjacent to an activating group) is 1. The largest absolute Gasteiger partial charge is 0.491 e. The Morgan fingerprint density at radius 2 is 2.27 bits per heavy atom. The van der Waals surface area contributed by atoms with Crippen molar-refractivity contribution in [1.29, 1.82) is 5.41 Å². The second kappa shape index (κ2) is 9.38. The molecule has 1 atom stereocenters. The summed E-state index contributed by atoms with van der Waals surface area (Å²) in [7, 11) is 1.79. The van der Waals surface area contributed by atoms with Crippen LogP contribution in [0.3, 0.4) is 0 Å². The Balaban J connectivity index is 1.65. The SMILES string of the molecule is CNCC(O)COc1cccc(-c2nc(NC3CC3)c(C=N)c(N3CCOC3)n2)c1. The third-order valence-electron chi connectivity index (χ3n) is 5.01. The van der Waals surface area contributed by atoms with Gasteiger partial charge in [0.1, 0.15) is 36.8 Å². The fourth-order valence-electron chi connectivity index (χ4n) is 3.28. The van der Waals surface area contributed by atoms with E-state index in [4.69, 9.17) is 24.9 Å². The smallest absolute Gasteiger partial charge is 0.164 e. The van der Waals surface area contributed by atoms with Gasteiger partial charge in [0.15, 0.2) is 5.82 Å². The van der Waals surface area contributed by atoms with Gasteiger partial charge >= 0.3 is 0 Å². The van der Waals surface area contributed by atoms with Crippen molar-refractivity contribution in [2.45, 2.75) is 25.0 Å². The maximum Gasteiger partial charge on any atom is 0.164 e. The highest BCUT2D eigenvalue weighted by atomic mass is 16.5. The van der Waals surface area contributed by atoms with Crippen LogP contribution in [-0.4, -0.2) is 73.5 Å². The molecule has 2 aromatic rings. The van der Waals surface area contributed by atoms with E-state index in [9.17, 15) is 5.11 Å². The number of hydrogen-bond acceptors (Lipinski definition) is 9. The molecule has 1 aromatic heterocycles. The molecule has 0 spiro atoms. The molecule has 160 valence electrons. The highest BCUT2D eigenvalue weighted by Gasteiger charge is 2.26. The van der Waals surface area contributed by atoms with E-state index in [2.05, 4.69) is 10.6 Å². The summed E-state index contributed by atoms with van der Waals surface area (Å²) in [5.41, 5.74) is 1.49. The number of nitrogens with zero attached hydrogens (tertiary/aromatic N) is 3. The number of nitrogens with one attached hydrogen (secondary N) is 3.